The smallest absolute Gasteiger partial charge is 0.107 e. The van der Waals surface area contributed by atoms with E-state index in [2.05, 4.69) is 48.5 Å². The van der Waals surface area contributed by atoms with Gasteiger partial charge in [-0.25, -0.2) is 0 Å². The first kappa shape index (κ1) is 23.7. The average Bonchev–Trinajstić information content (AvgIpc) is 3.23. The summed E-state index contributed by atoms with van der Waals surface area (Å²) < 4.78 is 0. The second kappa shape index (κ2) is 10.3. The van der Waals surface area contributed by atoms with Gasteiger partial charge in [0.1, 0.15) is 6.67 Å². The fourth-order valence-corrected chi connectivity index (χ4v) is 6.14. The Morgan fingerprint density at radius 2 is 2.06 bits per heavy atom. The van der Waals surface area contributed by atoms with Gasteiger partial charge in [0, 0.05) is 41.0 Å². The Morgan fingerprint density at radius 1 is 1.17 bits per heavy atom. The van der Waals surface area contributed by atoms with Crippen molar-refractivity contribution in [1.29, 1.82) is 5.41 Å². The number of aliphatic imine (C=N–C) groups is 1. The molecule has 0 spiro atoms. The van der Waals surface area contributed by atoms with Crippen LogP contribution in [0.3, 0.4) is 0 Å². The molecule has 2 unspecified atom stereocenters. The van der Waals surface area contributed by atoms with Crippen molar-refractivity contribution in [2.24, 2.45) is 16.6 Å². The normalized spacial score (nSPS) is 24.3. The van der Waals surface area contributed by atoms with Crippen molar-refractivity contribution < 1.29 is 0 Å². The summed E-state index contributed by atoms with van der Waals surface area (Å²) in [6.45, 7) is 5.30. The summed E-state index contributed by atoms with van der Waals surface area (Å²) in [4.78, 5) is 8.83. The standard InChI is InChI=1S/C30H39N5/c1-19-8-13-26-24(16-19)28-20(2)17-27(29(30(28)35-26)22-6-4-3-5-7-22)34-18-33-25(14-15-31)21-9-11-23(32)12-10-21/h3-4,6,9,11,15,19-20,31,34-35H,5,7-8,10,12-14,16-18,32H2,1-2H3. The highest BCUT2D eigenvalue weighted by Gasteiger charge is 2.33. The van der Waals surface area contributed by atoms with Crippen LogP contribution < -0.4 is 11.1 Å². The second-order valence-corrected chi connectivity index (χ2v) is 10.6. The lowest BCUT2D eigenvalue weighted by Crippen LogP contribution is -2.23. The number of nitrogens with one attached hydrogen (secondary N) is 3. The van der Waals surface area contributed by atoms with E-state index in [4.69, 9.17) is 16.1 Å². The van der Waals surface area contributed by atoms with Gasteiger partial charge in [0.05, 0.1) is 5.69 Å². The Hall–Kier alpha value is -3.08. The molecule has 0 radical (unpaired) electrons. The first-order chi connectivity index (χ1) is 17.0. The third-order valence-electron chi connectivity index (χ3n) is 7.97. The molecule has 184 valence electrons. The van der Waals surface area contributed by atoms with Crippen molar-refractivity contribution in [3.63, 3.8) is 0 Å². The molecule has 35 heavy (non-hydrogen) atoms. The number of nitrogens with two attached hydrogens (primary N) is 1. The number of nitrogens with zero attached hydrogens (tertiary/aromatic N) is 1. The summed E-state index contributed by atoms with van der Waals surface area (Å²) in [6.07, 6.45) is 21.4. The van der Waals surface area contributed by atoms with Gasteiger partial charge in [-0.2, -0.15) is 0 Å². The zero-order valence-corrected chi connectivity index (χ0v) is 21.2. The highest BCUT2D eigenvalue weighted by molar-refractivity contribution is 6.07. The van der Waals surface area contributed by atoms with Gasteiger partial charge >= 0.3 is 0 Å². The van der Waals surface area contributed by atoms with E-state index in [1.54, 1.807) is 11.1 Å². The highest BCUT2D eigenvalue weighted by Crippen LogP contribution is 2.46. The van der Waals surface area contributed by atoms with Crippen LogP contribution in [0.4, 0.5) is 0 Å². The molecule has 0 amide bonds. The maximum absolute atomic E-state index is 7.65. The molecule has 0 fully saturated rings. The number of rotatable bonds is 7. The molecule has 0 saturated heterocycles. The van der Waals surface area contributed by atoms with Crippen LogP contribution in [-0.4, -0.2) is 23.6 Å². The van der Waals surface area contributed by atoms with Gasteiger partial charge in [-0.1, -0.05) is 38.2 Å². The first-order valence-electron chi connectivity index (χ1n) is 13.3. The summed E-state index contributed by atoms with van der Waals surface area (Å²) in [5, 5.41) is 11.4. The quantitative estimate of drug-likeness (QED) is 0.357. The molecule has 5 nitrogen and oxygen atoms in total. The lowest BCUT2D eigenvalue weighted by atomic mass is 9.77. The number of hydrogen-bond acceptors (Lipinski definition) is 4. The number of aromatic amines is 1. The molecule has 0 saturated carbocycles. The van der Waals surface area contributed by atoms with Gasteiger partial charge in [-0.05, 0) is 91.6 Å². The van der Waals surface area contributed by atoms with E-state index >= 15 is 0 Å². The van der Waals surface area contributed by atoms with Crippen LogP contribution in [0.25, 0.3) is 5.57 Å². The summed E-state index contributed by atoms with van der Waals surface area (Å²) in [6, 6.07) is 0. The number of fused-ring (bicyclic) bond motifs is 3. The number of allylic oxidation sites excluding steroid dienone is 10. The van der Waals surface area contributed by atoms with E-state index in [1.165, 1.54) is 52.9 Å². The van der Waals surface area contributed by atoms with Gasteiger partial charge in [-0.15, -0.1) is 0 Å². The van der Waals surface area contributed by atoms with Crippen molar-refractivity contribution in [3.05, 3.63) is 75.4 Å². The molecule has 1 heterocycles. The molecule has 0 aliphatic heterocycles. The minimum absolute atomic E-state index is 0.487. The van der Waals surface area contributed by atoms with Crippen LogP contribution in [0, 0.1) is 11.3 Å². The zero-order chi connectivity index (χ0) is 24.4. The Labute approximate surface area is 209 Å². The molecule has 5 heteroatoms. The minimum atomic E-state index is 0.487. The van der Waals surface area contributed by atoms with Gasteiger partial charge in [-0.3, -0.25) is 4.99 Å². The molecule has 0 aromatic carbocycles. The van der Waals surface area contributed by atoms with Crippen LogP contribution in [0.2, 0.25) is 0 Å². The van der Waals surface area contributed by atoms with Crippen molar-refractivity contribution in [1.82, 2.24) is 10.3 Å². The van der Waals surface area contributed by atoms with E-state index < -0.39 is 0 Å². The van der Waals surface area contributed by atoms with Crippen LogP contribution in [0.15, 0.2) is 57.9 Å². The van der Waals surface area contributed by atoms with E-state index in [0.717, 1.165) is 55.9 Å². The number of aryl methyl sites for hydroxylation is 1. The molecule has 2 atom stereocenters. The molecule has 1 aromatic rings. The van der Waals surface area contributed by atoms with E-state index in [1.807, 2.05) is 6.08 Å². The number of H-pyrrole nitrogens is 1. The Morgan fingerprint density at radius 3 is 2.80 bits per heavy atom. The first-order valence-corrected chi connectivity index (χ1v) is 13.3. The van der Waals surface area contributed by atoms with Crippen LogP contribution in [0.1, 0.15) is 87.2 Å². The van der Waals surface area contributed by atoms with Crippen LogP contribution in [-0.2, 0) is 12.8 Å². The monoisotopic (exact) mass is 469 g/mol. The van der Waals surface area contributed by atoms with Crippen molar-refractivity contribution in [2.75, 3.05) is 6.67 Å². The van der Waals surface area contributed by atoms with Crippen molar-refractivity contribution >= 4 is 17.5 Å². The minimum Gasteiger partial charge on any atom is -0.402 e. The number of aromatic nitrogens is 1. The fourth-order valence-electron chi connectivity index (χ4n) is 6.14. The van der Waals surface area contributed by atoms with E-state index in [-0.39, 0.29) is 0 Å². The molecule has 5 N–H and O–H groups in total. The Bertz CT molecular complexity index is 1180. The lowest BCUT2D eigenvalue weighted by molar-refractivity contribution is 0.494. The Balaban J connectivity index is 1.49. The van der Waals surface area contributed by atoms with Gasteiger partial charge < -0.3 is 21.4 Å². The van der Waals surface area contributed by atoms with Gasteiger partial charge in [0.15, 0.2) is 0 Å². The summed E-state index contributed by atoms with van der Waals surface area (Å²) in [7, 11) is 0. The predicted octanol–water partition coefficient (Wildman–Crippen LogP) is 6.22. The fraction of sp³-hybridized carbons (Fsp3) is 0.467. The second-order valence-electron chi connectivity index (χ2n) is 10.6. The van der Waals surface area contributed by atoms with Crippen LogP contribution in [0.5, 0.6) is 0 Å². The zero-order valence-electron chi connectivity index (χ0n) is 21.2. The maximum Gasteiger partial charge on any atom is 0.107 e. The van der Waals surface area contributed by atoms with Gasteiger partial charge in [0.2, 0.25) is 0 Å². The third-order valence-corrected chi connectivity index (χ3v) is 7.97. The molecule has 0 bridgehead atoms. The lowest BCUT2D eigenvalue weighted by Gasteiger charge is -2.29. The summed E-state index contributed by atoms with van der Waals surface area (Å²) >= 11 is 0. The van der Waals surface area contributed by atoms with Crippen molar-refractivity contribution in [2.45, 2.75) is 77.6 Å². The third kappa shape index (κ3) is 4.86. The average molecular weight is 470 g/mol. The SMILES string of the molecule is CC1CCc2[nH]c3c(c2C1)C(C)CC(NCN=C(CC=N)C1=CC=C(N)CC1)=C3C1=CC=CCC1. The molecule has 5 rings (SSSR count). The molecule has 4 aliphatic carbocycles. The maximum atomic E-state index is 7.65. The highest BCUT2D eigenvalue weighted by atomic mass is 15.0. The summed E-state index contributed by atoms with van der Waals surface area (Å²) in [5.74, 6) is 1.25. The summed E-state index contributed by atoms with van der Waals surface area (Å²) in [5.41, 5.74) is 19.1. The molecule has 4 aliphatic rings. The van der Waals surface area contributed by atoms with Gasteiger partial charge in [0.25, 0.3) is 0 Å². The molecular weight excluding hydrogens is 430 g/mol. The Kier molecular flexibility index (Phi) is 6.94. The van der Waals surface area contributed by atoms with Crippen molar-refractivity contribution in [3.8, 4) is 0 Å². The van der Waals surface area contributed by atoms with E-state index in [0.29, 0.717) is 19.0 Å². The molecule has 1 aromatic heterocycles. The topological polar surface area (TPSA) is 90.0 Å². The molecular formula is C30H39N5. The number of hydrogen-bond donors (Lipinski definition) is 4. The van der Waals surface area contributed by atoms with Crippen LogP contribution >= 0.6 is 0 Å². The van der Waals surface area contributed by atoms with E-state index in [9.17, 15) is 0 Å². The predicted molar refractivity (Wildman–Crippen MR) is 147 cm³/mol. The largest absolute Gasteiger partial charge is 0.402 e.